The fraction of sp³-hybridized carbons (Fsp3) is 0.391. The summed E-state index contributed by atoms with van der Waals surface area (Å²) < 4.78 is 10.9. The van der Waals surface area contributed by atoms with Crippen LogP contribution in [0.15, 0.2) is 54.6 Å². The van der Waals surface area contributed by atoms with Crippen molar-refractivity contribution in [1.29, 1.82) is 0 Å². The lowest BCUT2D eigenvalue weighted by Gasteiger charge is -2.37. The van der Waals surface area contributed by atoms with Gasteiger partial charge in [-0.15, -0.1) is 0 Å². The summed E-state index contributed by atoms with van der Waals surface area (Å²) in [6, 6.07) is 15.7. The molecule has 0 saturated carbocycles. The highest BCUT2D eigenvalue weighted by Crippen LogP contribution is 2.50. The van der Waals surface area contributed by atoms with Crippen LogP contribution in [0.25, 0.3) is 0 Å². The van der Waals surface area contributed by atoms with Gasteiger partial charge in [0.15, 0.2) is 0 Å². The van der Waals surface area contributed by atoms with Gasteiger partial charge in [0.1, 0.15) is 12.4 Å². The molecule has 1 aliphatic carbocycles. The summed E-state index contributed by atoms with van der Waals surface area (Å²) in [5, 5.41) is 3.79. The summed E-state index contributed by atoms with van der Waals surface area (Å²) in [4.78, 5) is 2.14. The van der Waals surface area contributed by atoms with Gasteiger partial charge in [-0.05, 0) is 53.8 Å². The highest BCUT2D eigenvalue weighted by atomic mass is 16.5. The minimum absolute atomic E-state index is 0.328. The molecule has 0 fully saturated rings. The molecule has 1 N–H and O–H groups in total. The number of fused-ring (bicyclic) bond motifs is 3. The molecule has 27 heavy (non-hydrogen) atoms. The molecule has 0 radical (unpaired) electrons. The summed E-state index contributed by atoms with van der Waals surface area (Å²) in [6.07, 6.45) is 5.79. The third-order valence-corrected chi connectivity index (χ3v) is 5.66. The van der Waals surface area contributed by atoms with E-state index in [1.807, 2.05) is 6.07 Å². The number of rotatable bonds is 6. The summed E-state index contributed by atoms with van der Waals surface area (Å²) in [7, 11) is 5.85. The van der Waals surface area contributed by atoms with E-state index in [0.717, 1.165) is 12.2 Å². The van der Waals surface area contributed by atoms with Crippen molar-refractivity contribution < 1.29 is 9.47 Å². The average Bonchev–Trinajstić information content (AvgIpc) is 3.18. The van der Waals surface area contributed by atoms with Crippen LogP contribution in [0.4, 0.5) is 11.4 Å². The minimum atomic E-state index is 0.328. The van der Waals surface area contributed by atoms with Crippen LogP contribution in [-0.2, 0) is 4.74 Å². The number of methoxy groups -OCH3 is 1. The van der Waals surface area contributed by atoms with Gasteiger partial charge in [-0.1, -0.05) is 24.3 Å². The maximum Gasteiger partial charge on any atom is 0.119 e. The molecular formula is C23H28N2O2. The molecule has 2 aliphatic rings. The Bertz CT molecular complexity index is 814. The molecule has 0 bridgehead atoms. The number of hydrogen-bond donors (Lipinski definition) is 1. The molecule has 3 unspecified atom stereocenters. The average molecular weight is 364 g/mol. The van der Waals surface area contributed by atoms with E-state index < -0.39 is 0 Å². The molecule has 1 heterocycles. The zero-order chi connectivity index (χ0) is 18.8. The normalized spacial score (nSPS) is 22.7. The van der Waals surface area contributed by atoms with Crippen molar-refractivity contribution in [2.24, 2.45) is 5.92 Å². The van der Waals surface area contributed by atoms with Crippen LogP contribution in [0.1, 0.15) is 29.5 Å². The van der Waals surface area contributed by atoms with Crippen molar-refractivity contribution >= 4 is 11.4 Å². The molecule has 0 saturated heterocycles. The van der Waals surface area contributed by atoms with Gasteiger partial charge in [0, 0.05) is 38.5 Å². The van der Waals surface area contributed by atoms with E-state index in [-0.39, 0.29) is 0 Å². The molecule has 2 aromatic carbocycles. The molecule has 0 spiro atoms. The van der Waals surface area contributed by atoms with Crippen LogP contribution in [0.5, 0.6) is 5.75 Å². The highest BCUT2D eigenvalue weighted by Gasteiger charge is 2.38. The Labute approximate surface area is 161 Å². The second kappa shape index (κ2) is 7.65. The number of nitrogens with zero attached hydrogens (tertiary/aromatic N) is 1. The Kier molecular flexibility index (Phi) is 5.08. The van der Waals surface area contributed by atoms with Gasteiger partial charge in [0.25, 0.3) is 0 Å². The van der Waals surface area contributed by atoms with E-state index in [9.17, 15) is 0 Å². The standard InChI is InChI=1S/C23H28N2O2/c1-25(2)17-9-7-16(8-10-17)23-20-6-4-5-19(20)21-15-18(27-14-13-26-3)11-12-22(21)24-23/h4-5,7-12,15,19-20,23-24H,6,13-14H2,1-3H3. The van der Waals surface area contributed by atoms with Crippen molar-refractivity contribution in [2.45, 2.75) is 18.4 Å². The van der Waals surface area contributed by atoms with Crippen LogP contribution in [0.3, 0.4) is 0 Å². The highest BCUT2D eigenvalue weighted by molar-refractivity contribution is 5.62. The van der Waals surface area contributed by atoms with E-state index in [2.05, 4.69) is 72.9 Å². The summed E-state index contributed by atoms with van der Waals surface area (Å²) in [6.45, 7) is 1.18. The molecule has 0 amide bonds. The summed E-state index contributed by atoms with van der Waals surface area (Å²) in [5.74, 6) is 1.89. The van der Waals surface area contributed by atoms with Crippen molar-refractivity contribution in [3.05, 3.63) is 65.7 Å². The van der Waals surface area contributed by atoms with Gasteiger partial charge in [0.2, 0.25) is 0 Å². The molecule has 0 aromatic heterocycles. The fourth-order valence-electron chi connectivity index (χ4n) is 4.21. The quantitative estimate of drug-likeness (QED) is 0.600. The molecule has 142 valence electrons. The maximum absolute atomic E-state index is 5.83. The first-order valence-corrected chi connectivity index (χ1v) is 9.63. The van der Waals surface area contributed by atoms with Crippen molar-refractivity contribution in [3.63, 3.8) is 0 Å². The smallest absolute Gasteiger partial charge is 0.119 e. The molecule has 1 aliphatic heterocycles. The first kappa shape index (κ1) is 17.9. The van der Waals surface area contributed by atoms with E-state index in [0.29, 0.717) is 31.1 Å². The largest absolute Gasteiger partial charge is 0.491 e. The van der Waals surface area contributed by atoms with Crippen LogP contribution in [0, 0.1) is 5.92 Å². The van der Waals surface area contributed by atoms with Gasteiger partial charge >= 0.3 is 0 Å². The zero-order valence-corrected chi connectivity index (χ0v) is 16.3. The van der Waals surface area contributed by atoms with Crippen LogP contribution in [0.2, 0.25) is 0 Å². The van der Waals surface area contributed by atoms with E-state index in [1.54, 1.807) is 7.11 Å². The monoisotopic (exact) mass is 364 g/mol. The van der Waals surface area contributed by atoms with E-state index in [1.165, 1.54) is 22.5 Å². The third kappa shape index (κ3) is 3.54. The number of nitrogens with one attached hydrogen (secondary N) is 1. The second-order valence-electron chi connectivity index (χ2n) is 7.55. The molecule has 4 nitrogen and oxygen atoms in total. The minimum Gasteiger partial charge on any atom is -0.491 e. The Balaban J connectivity index is 1.60. The maximum atomic E-state index is 5.83. The van der Waals surface area contributed by atoms with Gasteiger partial charge in [-0.3, -0.25) is 0 Å². The lowest BCUT2D eigenvalue weighted by Crippen LogP contribution is -2.29. The number of benzene rings is 2. The number of allylic oxidation sites excluding steroid dienone is 2. The predicted molar refractivity (Wildman–Crippen MR) is 111 cm³/mol. The molecule has 4 rings (SSSR count). The van der Waals surface area contributed by atoms with Gasteiger partial charge in [-0.25, -0.2) is 0 Å². The Hall–Kier alpha value is -2.46. The van der Waals surface area contributed by atoms with Gasteiger partial charge in [0.05, 0.1) is 12.6 Å². The summed E-state index contributed by atoms with van der Waals surface area (Å²) in [5.41, 5.74) is 5.13. The van der Waals surface area contributed by atoms with Crippen molar-refractivity contribution in [3.8, 4) is 5.75 Å². The molecule has 4 heteroatoms. The first-order chi connectivity index (χ1) is 13.2. The number of anilines is 2. The fourth-order valence-corrected chi connectivity index (χ4v) is 4.21. The van der Waals surface area contributed by atoms with E-state index in [4.69, 9.17) is 9.47 Å². The van der Waals surface area contributed by atoms with Gasteiger partial charge in [-0.2, -0.15) is 0 Å². The Morgan fingerprint density at radius 1 is 1.07 bits per heavy atom. The Morgan fingerprint density at radius 2 is 1.89 bits per heavy atom. The van der Waals surface area contributed by atoms with Crippen LogP contribution >= 0.6 is 0 Å². The third-order valence-electron chi connectivity index (χ3n) is 5.66. The lowest BCUT2D eigenvalue weighted by atomic mass is 9.77. The zero-order valence-electron chi connectivity index (χ0n) is 16.3. The van der Waals surface area contributed by atoms with Crippen LogP contribution in [-0.4, -0.2) is 34.4 Å². The van der Waals surface area contributed by atoms with Crippen molar-refractivity contribution in [1.82, 2.24) is 0 Å². The SMILES string of the molecule is COCCOc1ccc2c(c1)C1C=CCC1C(c1ccc(N(C)C)cc1)N2. The summed E-state index contributed by atoms with van der Waals surface area (Å²) >= 11 is 0. The number of ether oxygens (including phenoxy) is 2. The van der Waals surface area contributed by atoms with Crippen LogP contribution < -0.4 is 15.0 Å². The lowest BCUT2D eigenvalue weighted by molar-refractivity contribution is 0.146. The molecule has 3 atom stereocenters. The molecular weight excluding hydrogens is 336 g/mol. The molecule has 2 aromatic rings. The first-order valence-electron chi connectivity index (χ1n) is 9.63. The topological polar surface area (TPSA) is 33.7 Å². The number of hydrogen-bond acceptors (Lipinski definition) is 4. The predicted octanol–water partition coefficient (Wildman–Crippen LogP) is 4.60. The van der Waals surface area contributed by atoms with Crippen molar-refractivity contribution in [2.75, 3.05) is 44.6 Å². The second-order valence-corrected chi connectivity index (χ2v) is 7.55. The van der Waals surface area contributed by atoms with Gasteiger partial charge < -0.3 is 19.7 Å². The van der Waals surface area contributed by atoms with E-state index >= 15 is 0 Å². The Morgan fingerprint density at radius 3 is 2.63 bits per heavy atom.